The van der Waals surface area contributed by atoms with Crippen LogP contribution in [0.5, 0.6) is 5.75 Å². The maximum Gasteiger partial charge on any atom is 0.149 e. The Hall–Kier alpha value is -6.26. The Labute approximate surface area is 401 Å². The average Bonchev–Trinajstić information content (AvgIpc) is 3.66. The number of aromatic nitrogens is 3. The van der Waals surface area contributed by atoms with Gasteiger partial charge in [0, 0.05) is 29.7 Å². The zero-order valence-corrected chi connectivity index (χ0v) is 41.4. The summed E-state index contributed by atoms with van der Waals surface area (Å²) in [6.07, 6.45) is 1.86. The molecule has 66 heavy (non-hydrogen) atoms. The summed E-state index contributed by atoms with van der Waals surface area (Å²) in [6, 6.07) is 40.5. The third kappa shape index (κ3) is 8.87. The number of hydrogen-bond donors (Lipinski definition) is 1. The normalized spacial score (nSPS) is 14.1. The van der Waals surface area contributed by atoms with Crippen LogP contribution in [0.3, 0.4) is 0 Å². The van der Waals surface area contributed by atoms with E-state index >= 15 is 0 Å². The highest BCUT2D eigenvalue weighted by atomic mass is 16.3. The van der Waals surface area contributed by atoms with Gasteiger partial charge in [-0.2, -0.15) is 0 Å². The molecule has 4 heteroatoms. The van der Waals surface area contributed by atoms with E-state index in [0.29, 0.717) is 50.4 Å². The molecule has 2 heterocycles. The SMILES string of the molecule is [2H]C([2H])([2H])c1cc(-c2c(C([2H])(C)C)cccc2C([2H])(C)C)ccc1-n1c(-c2cc(C(C)(C)C)cc(C(C)(C)C)c2O)nc2c(-c3cc(-c4cc(-c5ccc(C)cc5)ccn4)cc(C(C)(C)C)c3)cccc21. The van der Waals surface area contributed by atoms with E-state index in [4.69, 9.17) is 9.97 Å². The maximum absolute atomic E-state index is 12.6. The van der Waals surface area contributed by atoms with Gasteiger partial charge in [0.1, 0.15) is 11.6 Å². The lowest BCUT2D eigenvalue weighted by molar-refractivity contribution is 0.446. The number of para-hydroxylation sites is 1. The van der Waals surface area contributed by atoms with Crippen LogP contribution in [0.4, 0.5) is 0 Å². The highest BCUT2D eigenvalue weighted by molar-refractivity contribution is 5.97. The molecule has 0 amide bonds. The Kier molecular flexibility index (Phi) is 10.4. The zero-order chi connectivity index (χ0) is 52.0. The molecule has 0 saturated carbocycles. The number of phenolic OH excluding ortho intramolecular Hbond substituents is 1. The second kappa shape index (κ2) is 17.2. The van der Waals surface area contributed by atoms with Gasteiger partial charge in [-0.15, -0.1) is 0 Å². The molecule has 0 spiro atoms. The van der Waals surface area contributed by atoms with E-state index in [0.717, 1.165) is 50.2 Å². The summed E-state index contributed by atoms with van der Waals surface area (Å²) >= 11 is 0. The first-order valence-corrected chi connectivity index (χ1v) is 23.2. The molecule has 338 valence electrons. The minimum atomic E-state index is -2.62. The average molecular weight is 877 g/mol. The Morgan fingerprint density at radius 3 is 1.83 bits per heavy atom. The van der Waals surface area contributed by atoms with E-state index in [1.807, 2.05) is 93.1 Å². The van der Waals surface area contributed by atoms with Gasteiger partial charge in [0.25, 0.3) is 0 Å². The molecule has 0 bridgehead atoms. The van der Waals surface area contributed by atoms with Gasteiger partial charge in [-0.05, 0) is 146 Å². The van der Waals surface area contributed by atoms with Crippen LogP contribution in [0.25, 0.3) is 72.7 Å². The van der Waals surface area contributed by atoms with Gasteiger partial charge in [-0.25, -0.2) is 4.98 Å². The number of fused-ring (bicyclic) bond motifs is 1. The summed E-state index contributed by atoms with van der Waals surface area (Å²) in [5.41, 5.74) is 13.7. The van der Waals surface area contributed by atoms with Crippen LogP contribution in [-0.4, -0.2) is 19.6 Å². The number of hydrogen-bond acceptors (Lipinski definition) is 3. The van der Waals surface area contributed by atoms with Gasteiger partial charge in [0.05, 0.1) is 28.0 Å². The first kappa shape index (κ1) is 40.1. The molecule has 0 unspecified atom stereocenters. The van der Waals surface area contributed by atoms with Gasteiger partial charge in [0.2, 0.25) is 0 Å². The van der Waals surface area contributed by atoms with E-state index in [-0.39, 0.29) is 22.1 Å². The molecule has 0 aliphatic carbocycles. The number of benzene rings is 6. The van der Waals surface area contributed by atoms with Crippen molar-refractivity contribution in [1.29, 1.82) is 0 Å². The van der Waals surface area contributed by atoms with E-state index in [9.17, 15) is 12.0 Å². The Bertz CT molecular complexity index is 3290. The molecule has 8 aromatic rings. The molecule has 0 fully saturated rings. The number of aromatic hydroxyl groups is 1. The van der Waals surface area contributed by atoms with Crippen molar-refractivity contribution in [3.05, 3.63) is 166 Å². The van der Waals surface area contributed by atoms with Crippen LogP contribution in [0.2, 0.25) is 0 Å². The van der Waals surface area contributed by atoms with Crippen molar-refractivity contribution in [2.75, 3.05) is 0 Å². The summed E-state index contributed by atoms with van der Waals surface area (Å²) in [5, 5.41) is 12.6. The minimum Gasteiger partial charge on any atom is -0.507 e. The van der Waals surface area contributed by atoms with Crippen LogP contribution in [-0.2, 0) is 16.2 Å². The smallest absolute Gasteiger partial charge is 0.149 e. The number of phenols is 1. The third-order valence-corrected chi connectivity index (χ3v) is 12.9. The molecule has 0 aliphatic heterocycles. The van der Waals surface area contributed by atoms with Crippen LogP contribution in [0.1, 0.15) is 148 Å². The summed E-state index contributed by atoms with van der Waals surface area (Å²) in [5.74, 6) is -1.62. The van der Waals surface area contributed by atoms with E-state index in [2.05, 4.69) is 130 Å². The highest BCUT2D eigenvalue weighted by Crippen LogP contribution is 2.46. The Balaban J connectivity index is 1.47. The molecule has 8 rings (SSSR count). The molecular weight excluding hydrogens is 803 g/mol. The summed E-state index contributed by atoms with van der Waals surface area (Å²) in [4.78, 5) is 10.5. The molecule has 4 nitrogen and oxygen atoms in total. The summed E-state index contributed by atoms with van der Waals surface area (Å²) in [7, 11) is 0. The molecule has 0 radical (unpaired) electrons. The lowest BCUT2D eigenvalue weighted by Crippen LogP contribution is -2.17. The lowest BCUT2D eigenvalue weighted by Gasteiger charge is -2.27. The van der Waals surface area contributed by atoms with Crippen molar-refractivity contribution in [3.8, 4) is 67.5 Å². The van der Waals surface area contributed by atoms with E-state index in [1.54, 1.807) is 6.07 Å². The van der Waals surface area contributed by atoms with Crippen molar-refractivity contribution < 1.29 is 12.0 Å². The highest BCUT2D eigenvalue weighted by Gasteiger charge is 2.29. The van der Waals surface area contributed by atoms with Crippen molar-refractivity contribution in [2.24, 2.45) is 0 Å². The van der Waals surface area contributed by atoms with Crippen LogP contribution in [0, 0.1) is 13.8 Å². The molecular formula is C62H69N3O. The predicted octanol–water partition coefficient (Wildman–Crippen LogP) is 17.2. The fraction of sp³-hybridized carbons (Fsp3) is 0.323. The van der Waals surface area contributed by atoms with Crippen molar-refractivity contribution in [2.45, 2.75) is 132 Å². The standard InChI is InChI=1S/C62H69N3O/c1-37(2)48-18-16-19-49(38(3)4)56(48)43-26-27-54(40(6)30-43)65-55-21-17-20-50(57(55)64-59(65)51-35-47(61(10,11)12)36-52(58(51)66)62(13,14)15)44-31-45(33-46(32-44)60(7,8)9)53-34-42(28-29-63-53)41-24-22-39(5)23-25-41/h16-38,66H,1-15H3/i6D3,37D,38D. The van der Waals surface area contributed by atoms with E-state index < -0.39 is 24.1 Å². The third-order valence-electron chi connectivity index (χ3n) is 12.9. The molecule has 0 saturated heterocycles. The minimum absolute atomic E-state index is 0.0753. The second-order valence-electron chi connectivity index (χ2n) is 21.7. The first-order chi connectivity index (χ1) is 32.8. The van der Waals surface area contributed by atoms with E-state index in [1.165, 1.54) is 5.56 Å². The number of pyridine rings is 1. The van der Waals surface area contributed by atoms with Crippen LogP contribution < -0.4 is 0 Å². The lowest BCUT2D eigenvalue weighted by atomic mass is 9.79. The van der Waals surface area contributed by atoms with Crippen LogP contribution in [0.15, 0.2) is 128 Å². The van der Waals surface area contributed by atoms with Crippen LogP contribution >= 0.6 is 0 Å². The molecule has 6 aromatic carbocycles. The van der Waals surface area contributed by atoms with Gasteiger partial charge in [0.15, 0.2) is 0 Å². The second-order valence-corrected chi connectivity index (χ2v) is 21.7. The first-order valence-electron chi connectivity index (χ1n) is 25.7. The predicted molar refractivity (Wildman–Crippen MR) is 281 cm³/mol. The van der Waals surface area contributed by atoms with Gasteiger partial charge >= 0.3 is 0 Å². The molecule has 0 aliphatic rings. The topological polar surface area (TPSA) is 50.9 Å². The van der Waals surface area contributed by atoms with Gasteiger partial charge < -0.3 is 5.11 Å². The van der Waals surface area contributed by atoms with Crippen molar-refractivity contribution in [3.63, 3.8) is 0 Å². The Morgan fingerprint density at radius 2 is 1.21 bits per heavy atom. The fourth-order valence-corrected chi connectivity index (χ4v) is 9.03. The van der Waals surface area contributed by atoms with Crippen molar-refractivity contribution >= 4 is 11.0 Å². The number of rotatable bonds is 8. The molecule has 0 atom stereocenters. The largest absolute Gasteiger partial charge is 0.507 e. The van der Waals surface area contributed by atoms with Crippen molar-refractivity contribution in [1.82, 2.24) is 14.5 Å². The van der Waals surface area contributed by atoms with Gasteiger partial charge in [-0.3, -0.25) is 9.55 Å². The number of aryl methyl sites for hydroxylation is 2. The van der Waals surface area contributed by atoms with Gasteiger partial charge in [-0.1, -0.05) is 168 Å². The maximum atomic E-state index is 12.6. The summed E-state index contributed by atoms with van der Waals surface area (Å²) in [6.45, 7) is 26.0. The quantitative estimate of drug-likeness (QED) is 0.165. The number of nitrogens with zero attached hydrogens (tertiary/aromatic N) is 3. The number of imidazole rings is 1. The molecule has 1 N–H and O–H groups in total. The monoisotopic (exact) mass is 877 g/mol. The summed E-state index contributed by atoms with van der Waals surface area (Å²) < 4.78 is 47.9. The zero-order valence-electron chi connectivity index (χ0n) is 46.4. The molecule has 2 aromatic heterocycles. The fourth-order valence-electron chi connectivity index (χ4n) is 9.03. The Morgan fingerprint density at radius 1 is 0.591 bits per heavy atom.